The standard InChI is InChI=1S/C21H21N3O4S/c25-18-9-3-4-10-24(18)13-20(27)28-14-19(26)23-11-5-6-15(12-23)21-22-16-7-1-2-8-17(16)29-21/h1-4,7-10,15H,5-6,11-14H2/t15-/m1/s1. The molecule has 0 N–H and O–H groups in total. The van der Waals surface area contributed by atoms with Crippen LogP contribution in [0.2, 0.25) is 0 Å². The highest BCUT2D eigenvalue weighted by atomic mass is 32.1. The maximum Gasteiger partial charge on any atom is 0.326 e. The maximum absolute atomic E-state index is 12.5. The Kier molecular flexibility index (Phi) is 5.71. The van der Waals surface area contributed by atoms with Gasteiger partial charge in [-0.25, -0.2) is 4.98 Å². The highest BCUT2D eigenvalue weighted by Crippen LogP contribution is 2.32. The third-order valence-corrected chi connectivity index (χ3v) is 6.19. The maximum atomic E-state index is 12.5. The van der Waals surface area contributed by atoms with Crippen LogP contribution in [0.1, 0.15) is 23.8 Å². The van der Waals surface area contributed by atoms with Crippen LogP contribution in [0.3, 0.4) is 0 Å². The summed E-state index contributed by atoms with van der Waals surface area (Å²) in [6.07, 6.45) is 3.39. The van der Waals surface area contributed by atoms with Gasteiger partial charge >= 0.3 is 5.97 Å². The number of benzene rings is 1. The minimum atomic E-state index is -0.605. The fourth-order valence-corrected chi connectivity index (χ4v) is 4.57. The molecular weight excluding hydrogens is 390 g/mol. The molecule has 0 radical (unpaired) electrons. The van der Waals surface area contributed by atoms with Crippen molar-refractivity contribution in [2.45, 2.75) is 25.3 Å². The number of thiazole rings is 1. The van der Waals surface area contributed by atoms with Crippen LogP contribution in [0.4, 0.5) is 0 Å². The molecule has 29 heavy (non-hydrogen) atoms. The molecule has 3 heterocycles. The molecule has 0 bridgehead atoms. The van der Waals surface area contributed by atoms with Gasteiger partial charge in [-0.15, -0.1) is 11.3 Å². The Morgan fingerprint density at radius 3 is 2.83 bits per heavy atom. The number of para-hydroxylation sites is 1. The average Bonchev–Trinajstić information content (AvgIpc) is 3.18. The van der Waals surface area contributed by atoms with E-state index in [-0.39, 0.29) is 30.5 Å². The summed E-state index contributed by atoms with van der Waals surface area (Å²) < 4.78 is 7.50. The van der Waals surface area contributed by atoms with Crippen LogP contribution < -0.4 is 5.56 Å². The Balaban J connectivity index is 1.33. The molecule has 1 aliphatic heterocycles. The molecule has 1 saturated heterocycles. The molecule has 1 fully saturated rings. The molecule has 0 spiro atoms. The molecule has 2 aromatic heterocycles. The highest BCUT2D eigenvalue weighted by molar-refractivity contribution is 7.18. The van der Waals surface area contributed by atoms with Gasteiger partial charge in [-0.3, -0.25) is 14.4 Å². The van der Waals surface area contributed by atoms with Crippen molar-refractivity contribution in [3.8, 4) is 0 Å². The van der Waals surface area contributed by atoms with Gasteiger partial charge in [0.05, 0.1) is 15.2 Å². The van der Waals surface area contributed by atoms with E-state index < -0.39 is 5.97 Å². The van der Waals surface area contributed by atoms with Crippen LogP contribution in [0.15, 0.2) is 53.5 Å². The van der Waals surface area contributed by atoms with E-state index in [2.05, 4.69) is 6.07 Å². The van der Waals surface area contributed by atoms with Crippen LogP contribution in [-0.2, 0) is 20.9 Å². The lowest BCUT2D eigenvalue weighted by molar-refractivity contribution is -0.153. The van der Waals surface area contributed by atoms with Gasteiger partial charge in [0.1, 0.15) is 6.54 Å². The number of esters is 1. The highest BCUT2D eigenvalue weighted by Gasteiger charge is 2.27. The van der Waals surface area contributed by atoms with Crippen molar-refractivity contribution in [2.24, 2.45) is 0 Å². The molecule has 1 amide bonds. The largest absolute Gasteiger partial charge is 0.454 e. The number of amides is 1. The molecule has 1 aliphatic rings. The van der Waals surface area contributed by atoms with Gasteiger partial charge in [0, 0.05) is 31.3 Å². The Hall–Kier alpha value is -3.00. The van der Waals surface area contributed by atoms with Gasteiger partial charge in [0.25, 0.3) is 11.5 Å². The number of carbonyl (C=O) groups excluding carboxylic acids is 2. The molecule has 0 saturated carbocycles. The Morgan fingerprint density at radius 2 is 2.00 bits per heavy atom. The molecule has 7 nitrogen and oxygen atoms in total. The summed E-state index contributed by atoms with van der Waals surface area (Å²) in [4.78, 5) is 42.6. The van der Waals surface area contributed by atoms with Crippen LogP contribution in [-0.4, -0.2) is 46.0 Å². The van der Waals surface area contributed by atoms with E-state index in [9.17, 15) is 14.4 Å². The summed E-state index contributed by atoms with van der Waals surface area (Å²) in [6.45, 7) is 0.707. The number of hydrogen-bond acceptors (Lipinski definition) is 6. The summed E-state index contributed by atoms with van der Waals surface area (Å²) >= 11 is 1.67. The molecule has 4 rings (SSSR count). The Morgan fingerprint density at radius 1 is 1.17 bits per heavy atom. The molecule has 1 atom stereocenters. The van der Waals surface area contributed by atoms with Crippen LogP contribution in [0.5, 0.6) is 0 Å². The molecule has 150 valence electrons. The monoisotopic (exact) mass is 411 g/mol. The van der Waals surface area contributed by atoms with E-state index >= 15 is 0 Å². The zero-order chi connectivity index (χ0) is 20.2. The second-order valence-corrected chi connectivity index (χ2v) is 8.09. The first-order chi connectivity index (χ1) is 14.1. The fourth-order valence-electron chi connectivity index (χ4n) is 3.48. The van der Waals surface area contributed by atoms with Gasteiger partial charge in [-0.1, -0.05) is 18.2 Å². The number of hydrogen-bond donors (Lipinski definition) is 0. The number of carbonyl (C=O) groups is 2. The third kappa shape index (κ3) is 4.54. The van der Waals surface area contributed by atoms with E-state index in [4.69, 9.17) is 9.72 Å². The van der Waals surface area contributed by atoms with Gasteiger partial charge in [-0.2, -0.15) is 0 Å². The lowest BCUT2D eigenvalue weighted by atomic mass is 9.99. The zero-order valence-corrected chi connectivity index (χ0v) is 16.6. The topological polar surface area (TPSA) is 81.5 Å². The number of ether oxygens (including phenoxy) is 1. The lowest BCUT2D eigenvalue weighted by Crippen LogP contribution is -2.41. The normalized spacial score (nSPS) is 16.7. The van der Waals surface area contributed by atoms with Crippen molar-refractivity contribution < 1.29 is 14.3 Å². The van der Waals surface area contributed by atoms with E-state index in [1.807, 2.05) is 18.2 Å². The molecule has 0 unspecified atom stereocenters. The van der Waals surface area contributed by atoms with Crippen molar-refractivity contribution >= 4 is 33.4 Å². The molecule has 0 aliphatic carbocycles. The summed E-state index contributed by atoms with van der Waals surface area (Å²) in [5.74, 6) is -0.625. The molecular formula is C21H21N3O4S. The first-order valence-electron chi connectivity index (χ1n) is 9.54. The SMILES string of the molecule is O=C(Cn1ccccc1=O)OCC(=O)N1CCC[C@@H](c2nc3ccccc3s2)C1. The fraction of sp³-hybridized carbons (Fsp3) is 0.333. The average molecular weight is 411 g/mol. The number of fused-ring (bicyclic) bond motifs is 1. The van der Waals surface area contributed by atoms with Crippen LogP contribution in [0, 0.1) is 0 Å². The molecule has 1 aromatic carbocycles. The van der Waals surface area contributed by atoms with Gasteiger partial charge in [0.2, 0.25) is 0 Å². The summed E-state index contributed by atoms with van der Waals surface area (Å²) in [5, 5.41) is 1.05. The van der Waals surface area contributed by atoms with E-state index in [0.29, 0.717) is 13.1 Å². The first kappa shape index (κ1) is 19.3. The second kappa shape index (κ2) is 8.57. The van der Waals surface area contributed by atoms with Crippen LogP contribution >= 0.6 is 11.3 Å². The summed E-state index contributed by atoms with van der Waals surface area (Å²) in [5.41, 5.74) is 0.700. The number of piperidine rings is 1. The predicted octanol–water partition coefficient (Wildman–Crippen LogP) is 2.41. The summed E-state index contributed by atoms with van der Waals surface area (Å²) in [6, 6.07) is 12.7. The van der Waals surface area contributed by atoms with Gasteiger partial charge < -0.3 is 14.2 Å². The van der Waals surface area contributed by atoms with Crippen molar-refractivity contribution in [3.05, 3.63) is 64.0 Å². The summed E-state index contributed by atoms with van der Waals surface area (Å²) in [7, 11) is 0. The molecule has 8 heteroatoms. The smallest absolute Gasteiger partial charge is 0.326 e. The number of aromatic nitrogens is 2. The van der Waals surface area contributed by atoms with Crippen molar-refractivity contribution in [3.63, 3.8) is 0 Å². The Labute approximate surface area is 171 Å². The van der Waals surface area contributed by atoms with Crippen molar-refractivity contribution in [2.75, 3.05) is 19.7 Å². The second-order valence-electron chi connectivity index (χ2n) is 7.03. The first-order valence-corrected chi connectivity index (χ1v) is 10.4. The third-order valence-electron chi connectivity index (χ3n) is 4.99. The quantitative estimate of drug-likeness (QED) is 0.602. The van der Waals surface area contributed by atoms with E-state index in [1.54, 1.807) is 28.4 Å². The van der Waals surface area contributed by atoms with Crippen LogP contribution in [0.25, 0.3) is 10.2 Å². The molecule has 3 aromatic rings. The van der Waals surface area contributed by atoms with E-state index in [0.717, 1.165) is 28.1 Å². The Bertz CT molecular complexity index is 1060. The minimum Gasteiger partial charge on any atom is -0.454 e. The lowest BCUT2D eigenvalue weighted by Gasteiger charge is -2.31. The number of likely N-dealkylation sites (tertiary alicyclic amines) is 1. The number of pyridine rings is 1. The van der Waals surface area contributed by atoms with Gasteiger partial charge in [-0.05, 0) is 31.0 Å². The van der Waals surface area contributed by atoms with E-state index in [1.165, 1.54) is 16.8 Å². The van der Waals surface area contributed by atoms with Gasteiger partial charge in [0.15, 0.2) is 6.61 Å². The number of rotatable bonds is 5. The number of nitrogens with zero attached hydrogens (tertiary/aromatic N) is 3. The minimum absolute atomic E-state index is 0.198. The predicted molar refractivity (Wildman–Crippen MR) is 110 cm³/mol. The van der Waals surface area contributed by atoms with Crippen molar-refractivity contribution in [1.29, 1.82) is 0 Å². The zero-order valence-electron chi connectivity index (χ0n) is 15.8. The van der Waals surface area contributed by atoms with Crippen molar-refractivity contribution in [1.82, 2.24) is 14.5 Å².